The molecule has 0 amide bonds. The van der Waals surface area contributed by atoms with Gasteiger partial charge < -0.3 is 13.7 Å². The molecular formula is C74H77N5. The lowest BCUT2D eigenvalue weighted by Gasteiger charge is -2.23. The molecule has 0 radical (unpaired) electrons. The number of rotatable bonds is 4. The van der Waals surface area contributed by atoms with E-state index in [0.717, 1.165) is 93.6 Å². The van der Waals surface area contributed by atoms with Gasteiger partial charge >= 0.3 is 0 Å². The molecule has 11 rings (SSSR count). The first-order chi connectivity index (χ1) is 36.9. The summed E-state index contributed by atoms with van der Waals surface area (Å²) < 4.78 is 7.02. The van der Waals surface area contributed by atoms with E-state index >= 15 is 0 Å². The maximum absolute atomic E-state index is 12.3. The molecule has 8 aromatic carbocycles. The van der Waals surface area contributed by atoms with Gasteiger partial charge in [0.15, 0.2) is 0 Å². The summed E-state index contributed by atoms with van der Waals surface area (Å²) in [5.74, 6) is 0. The van der Waals surface area contributed by atoms with Gasteiger partial charge in [-0.05, 0) is 151 Å². The third kappa shape index (κ3) is 8.73. The highest BCUT2D eigenvalue weighted by Crippen LogP contribution is 2.48. The fourth-order valence-corrected chi connectivity index (χ4v) is 12.0. The van der Waals surface area contributed by atoms with Crippen molar-refractivity contribution in [2.75, 3.05) is 0 Å². The molecule has 0 aliphatic heterocycles. The molecule has 0 spiro atoms. The number of benzene rings is 8. The van der Waals surface area contributed by atoms with Crippen LogP contribution in [0.15, 0.2) is 140 Å². The molecule has 0 aliphatic rings. The normalized spacial score (nSPS) is 13.2. The number of nitriles is 2. The van der Waals surface area contributed by atoms with E-state index in [1.54, 1.807) is 0 Å². The number of nitrogens with zero attached hydrogens (tertiary/aromatic N) is 5. The van der Waals surface area contributed by atoms with Crippen LogP contribution >= 0.6 is 0 Å². The van der Waals surface area contributed by atoms with Gasteiger partial charge in [0.1, 0.15) is 17.7 Å². The molecule has 0 aliphatic carbocycles. The van der Waals surface area contributed by atoms with Crippen molar-refractivity contribution in [1.29, 1.82) is 10.5 Å². The molecular weight excluding hydrogens is 959 g/mol. The van der Waals surface area contributed by atoms with Crippen LogP contribution in [0.25, 0.3) is 93.6 Å². The Morgan fingerprint density at radius 3 is 0.848 bits per heavy atom. The zero-order valence-electron chi connectivity index (χ0n) is 50.0. The van der Waals surface area contributed by atoms with Crippen LogP contribution < -0.4 is 0 Å². The summed E-state index contributed by atoms with van der Waals surface area (Å²) in [5, 5.41) is 30.6. The predicted octanol–water partition coefficient (Wildman–Crippen LogP) is 20.2. The van der Waals surface area contributed by atoms with Crippen molar-refractivity contribution < 1.29 is 0 Å². The lowest BCUT2D eigenvalue weighted by Crippen LogP contribution is -2.11. The lowest BCUT2D eigenvalue weighted by molar-refractivity contribution is 0.590. The van der Waals surface area contributed by atoms with Gasteiger partial charge in [-0.25, -0.2) is 0 Å². The minimum absolute atomic E-state index is 0.0804. The van der Waals surface area contributed by atoms with Gasteiger partial charge in [-0.15, -0.1) is 0 Å². The minimum atomic E-state index is -0.111. The van der Waals surface area contributed by atoms with Crippen molar-refractivity contribution in [1.82, 2.24) is 13.7 Å². The molecule has 0 fully saturated rings. The van der Waals surface area contributed by atoms with E-state index in [2.05, 4.69) is 278 Å². The van der Waals surface area contributed by atoms with Gasteiger partial charge in [0.05, 0.1) is 55.7 Å². The van der Waals surface area contributed by atoms with Crippen LogP contribution in [0, 0.1) is 22.7 Å². The molecule has 79 heavy (non-hydrogen) atoms. The zero-order chi connectivity index (χ0) is 56.8. The maximum Gasteiger partial charge on any atom is 0.104 e. The first-order valence-electron chi connectivity index (χ1n) is 28.3. The second-order valence-corrected chi connectivity index (χ2v) is 28.7. The molecule has 0 atom stereocenters. The molecule has 0 N–H and O–H groups in total. The monoisotopic (exact) mass is 1040 g/mol. The second-order valence-electron chi connectivity index (χ2n) is 28.7. The first kappa shape index (κ1) is 53.2. The Balaban J connectivity index is 1.34. The van der Waals surface area contributed by atoms with Crippen LogP contribution in [0.1, 0.15) is 169 Å². The van der Waals surface area contributed by atoms with Crippen molar-refractivity contribution in [2.24, 2.45) is 0 Å². The molecule has 0 saturated carbocycles. The highest BCUT2D eigenvalue weighted by Gasteiger charge is 2.31. The molecule has 11 aromatic rings. The molecule has 3 heterocycles. The van der Waals surface area contributed by atoms with E-state index in [1.165, 1.54) is 33.4 Å². The Morgan fingerprint density at radius 1 is 0.291 bits per heavy atom. The Bertz CT molecular complexity index is 4210. The Kier molecular flexibility index (Phi) is 12.0. The fourth-order valence-electron chi connectivity index (χ4n) is 12.0. The van der Waals surface area contributed by atoms with Crippen LogP contribution in [0.3, 0.4) is 0 Å². The largest absolute Gasteiger partial charge is 0.308 e. The highest BCUT2D eigenvalue weighted by molar-refractivity contribution is 6.14. The quantitative estimate of drug-likeness (QED) is 0.176. The second kappa shape index (κ2) is 17.8. The first-order valence-corrected chi connectivity index (χ1v) is 28.3. The van der Waals surface area contributed by atoms with E-state index in [9.17, 15) is 10.5 Å². The van der Waals surface area contributed by atoms with Crippen LogP contribution in [0.2, 0.25) is 0 Å². The standard InChI is InChI=1S/C74H77N5/c1-69(2,3)45-22-29-60-53(36-45)54-37-46(70(4,5)6)23-30-61(54)77(60)66-35-28-52(68(59(66)43-76)79-64-33-26-49(73(13,14)15)40-57(64)58-41-50(74(16,17)18)27-34-65(58)79)51-21-19-20-44(42-75)67(51)78-62-31-24-47(71(7,8)9)38-55(62)56-39-48(72(10,11)12)25-32-63(56)78/h19-41H,1-18H3. The van der Waals surface area contributed by atoms with E-state index < -0.39 is 0 Å². The number of hydrogen-bond acceptors (Lipinski definition) is 2. The van der Waals surface area contributed by atoms with Crippen molar-refractivity contribution in [3.8, 4) is 40.3 Å². The van der Waals surface area contributed by atoms with Gasteiger partial charge in [0.2, 0.25) is 0 Å². The third-order valence-electron chi connectivity index (χ3n) is 16.9. The maximum atomic E-state index is 12.3. The molecule has 5 nitrogen and oxygen atoms in total. The van der Waals surface area contributed by atoms with Gasteiger partial charge in [-0.3, -0.25) is 0 Å². The van der Waals surface area contributed by atoms with Crippen molar-refractivity contribution in [2.45, 2.75) is 157 Å². The molecule has 5 heteroatoms. The van der Waals surface area contributed by atoms with Gasteiger partial charge in [-0.1, -0.05) is 179 Å². The summed E-state index contributed by atoms with van der Waals surface area (Å²) >= 11 is 0. The average molecular weight is 1040 g/mol. The molecule has 3 aromatic heterocycles. The topological polar surface area (TPSA) is 62.4 Å². The van der Waals surface area contributed by atoms with E-state index in [-0.39, 0.29) is 32.5 Å². The van der Waals surface area contributed by atoms with Gasteiger partial charge in [0, 0.05) is 43.4 Å². The summed E-state index contributed by atoms with van der Waals surface area (Å²) in [5.41, 5.74) is 18.2. The number of hydrogen-bond donors (Lipinski definition) is 0. The van der Waals surface area contributed by atoms with Crippen molar-refractivity contribution in [3.05, 3.63) is 184 Å². The lowest BCUT2D eigenvalue weighted by atomic mass is 9.85. The summed E-state index contributed by atoms with van der Waals surface area (Å²) in [7, 11) is 0. The summed E-state index contributed by atoms with van der Waals surface area (Å²) in [6.45, 7) is 40.9. The summed E-state index contributed by atoms with van der Waals surface area (Å²) in [6.07, 6.45) is 0. The Morgan fingerprint density at radius 2 is 0.570 bits per heavy atom. The number of fused-ring (bicyclic) bond motifs is 9. The number of para-hydroxylation sites is 1. The highest BCUT2D eigenvalue weighted by atomic mass is 15.0. The minimum Gasteiger partial charge on any atom is -0.308 e. The predicted molar refractivity (Wildman–Crippen MR) is 337 cm³/mol. The fraction of sp³-hybridized carbons (Fsp3) is 0.324. The SMILES string of the molecule is CC(C)(C)c1ccc2c(c1)c1cc(C(C)(C)C)ccc1n2-c1ccc(-c2cccc(C#N)c2-n2c3ccc(C(C)(C)C)cc3c3cc(C(C)(C)C)ccc32)c(-n2c3ccc(C(C)(C)C)cc3c3cc(C(C)(C)C)ccc32)c1C#N. The van der Waals surface area contributed by atoms with Crippen molar-refractivity contribution >= 4 is 65.4 Å². The number of aromatic nitrogens is 3. The van der Waals surface area contributed by atoms with Gasteiger partial charge in [-0.2, -0.15) is 10.5 Å². The van der Waals surface area contributed by atoms with Crippen LogP contribution in [0.4, 0.5) is 0 Å². The smallest absolute Gasteiger partial charge is 0.104 e. The Hall–Kier alpha value is -7.86. The van der Waals surface area contributed by atoms with E-state index in [0.29, 0.717) is 11.1 Å². The molecule has 398 valence electrons. The van der Waals surface area contributed by atoms with Gasteiger partial charge in [0.25, 0.3) is 0 Å². The summed E-state index contributed by atoms with van der Waals surface area (Å²) in [4.78, 5) is 0. The van der Waals surface area contributed by atoms with Crippen LogP contribution in [0.5, 0.6) is 0 Å². The molecule has 0 unspecified atom stereocenters. The van der Waals surface area contributed by atoms with Crippen LogP contribution in [-0.4, -0.2) is 13.7 Å². The van der Waals surface area contributed by atoms with Crippen molar-refractivity contribution in [3.63, 3.8) is 0 Å². The zero-order valence-corrected chi connectivity index (χ0v) is 50.0. The average Bonchev–Trinajstić information content (AvgIpc) is 2.97. The Labute approximate surface area is 468 Å². The van der Waals surface area contributed by atoms with Crippen LogP contribution in [-0.2, 0) is 32.5 Å². The third-order valence-corrected chi connectivity index (χ3v) is 16.9. The molecule has 0 saturated heterocycles. The van der Waals surface area contributed by atoms with E-state index in [1.807, 2.05) is 12.1 Å². The van der Waals surface area contributed by atoms with E-state index in [4.69, 9.17) is 0 Å². The summed E-state index contributed by atoms with van der Waals surface area (Å²) in [6, 6.07) is 57.4. The molecule has 0 bridgehead atoms.